The Bertz CT molecular complexity index is 8010. The highest BCUT2D eigenvalue weighted by Crippen LogP contribution is 2.44. The minimum atomic E-state index is -0.565. The van der Waals surface area contributed by atoms with Crippen molar-refractivity contribution in [3.63, 3.8) is 0 Å². The number of aromatic hydroxyl groups is 4. The van der Waals surface area contributed by atoms with E-state index >= 15 is 0 Å². The summed E-state index contributed by atoms with van der Waals surface area (Å²) >= 11 is 7.38. The van der Waals surface area contributed by atoms with E-state index in [-0.39, 0.29) is 44.4 Å². The SMILES string of the molecule is CCc1cc2c(=O)c(-c3nc4ccccc4s3)coc2c(CN2CCOCC2)c1O.CCc1cc2c(=O)c(-c3ncc(C)s3)coc2c(CC2CCCCC2)c1O.CCc1cc2c(=O)c(-c3ncc(C)s3)coc2c(CC2CCCCC2)c1O.COc1ccccc1C(=O)Oc1ccc2c(=O)c(-c3nc4ccccc4s3)coc2c1.O=c1c(-c2nc3ccccc3s2)coc2c(CC3CCCCC3)c(O)ccc12. The largest absolute Gasteiger partial charge is 0.508 e. The Labute approximate surface area is 842 Å². The number of thiazole rings is 5. The van der Waals surface area contributed by atoms with E-state index in [0.717, 1.165) is 106 Å². The van der Waals surface area contributed by atoms with E-state index in [1.54, 1.807) is 79.1 Å². The zero-order chi connectivity index (χ0) is 99.1. The number of fused-ring (bicyclic) bond motifs is 8. The maximum absolute atomic E-state index is 13.4. The number of phenols is 4. The van der Waals surface area contributed by atoms with E-state index in [2.05, 4.69) is 29.8 Å². The van der Waals surface area contributed by atoms with Crippen molar-refractivity contribution in [1.82, 2.24) is 29.8 Å². The van der Waals surface area contributed by atoms with Crippen LogP contribution in [-0.2, 0) is 49.8 Å². The van der Waals surface area contributed by atoms with Crippen LogP contribution in [0.5, 0.6) is 34.5 Å². The number of para-hydroxylation sites is 4. The van der Waals surface area contributed by atoms with E-state index in [9.17, 15) is 49.2 Å². The number of carbonyl (C=O) groups is 1. The molecule has 23 rings (SSSR count). The third-order valence-electron chi connectivity index (χ3n) is 27.5. The predicted octanol–water partition coefficient (Wildman–Crippen LogP) is 26.6. The lowest BCUT2D eigenvalue weighted by molar-refractivity contribution is 0.0339. The highest BCUT2D eigenvalue weighted by Gasteiger charge is 2.30. The van der Waals surface area contributed by atoms with Gasteiger partial charge in [-0.3, -0.25) is 28.9 Å². The highest BCUT2D eigenvalue weighted by atomic mass is 32.1. The Hall–Kier alpha value is -13.7. The predicted molar refractivity (Wildman–Crippen MR) is 570 cm³/mol. The molecule has 0 unspecified atom stereocenters. The van der Waals surface area contributed by atoms with Gasteiger partial charge in [0.25, 0.3) is 0 Å². The second-order valence-corrected chi connectivity index (χ2v) is 42.4. The maximum Gasteiger partial charge on any atom is 0.347 e. The minimum absolute atomic E-state index is 0.0646. The number of phenolic OH excluding ortho intramolecular Hbond substituents is 4. The summed E-state index contributed by atoms with van der Waals surface area (Å²) in [5.41, 5.74) is 12.4. The first-order valence-corrected chi connectivity index (χ1v) is 53.0. The Kier molecular flexibility index (Phi) is 30.2. The van der Waals surface area contributed by atoms with Gasteiger partial charge in [-0.2, -0.15) is 0 Å². The van der Waals surface area contributed by atoms with Crippen LogP contribution in [0, 0.1) is 31.6 Å². The van der Waals surface area contributed by atoms with Crippen LogP contribution in [-0.4, -0.2) is 89.6 Å². The smallest absolute Gasteiger partial charge is 0.347 e. The molecule has 0 radical (unpaired) electrons. The number of rotatable bonds is 19. The lowest BCUT2D eigenvalue weighted by Gasteiger charge is -2.27. The van der Waals surface area contributed by atoms with Crippen molar-refractivity contribution in [3.05, 3.63) is 295 Å². The zero-order valence-electron chi connectivity index (χ0n) is 80.2. The molecule has 4 aliphatic rings. The number of hydrogen-bond donors (Lipinski definition) is 4. The fourth-order valence-corrected chi connectivity index (χ4v) is 24.2. The average Bonchev–Trinajstić information content (AvgIpc) is 1.51. The van der Waals surface area contributed by atoms with Crippen LogP contribution in [0.2, 0.25) is 0 Å². The molecule has 1 saturated heterocycles. The number of esters is 1. The fourth-order valence-electron chi connectivity index (χ4n) is 19.8. The van der Waals surface area contributed by atoms with Crippen LogP contribution in [0.1, 0.15) is 176 Å². The highest BCUT2D eigenvalue weighted by molar-refractivity contribution is 7.22. The van der Waals surface area contributed by atoms with Gasteiger partial charge in [-0.25, -0.2) is 29.7 Å². The fraction of sp³-hybridized carbons (Fsp3) is 0.307. The van der Waals surface area contributed by atoms with Gasteiger partial charge in [0.1, 0.15) is 124 Å². The lowest BCUT2D eigenvalue weighted by Crippen LogP contribution is -2.35. The number of carbonyl (C=O) groups excluding carboxylic acids is 1. The molecule has 0 atom stereocenters. The molecule has 11 heterocycles. The summed E-state index contributed by atoms with van der Waals surface area (Å²) < 4.78 is 48.6. The molecule has 19 aromatic rings. The van der Waals surface area contributed by atoms with Gasteiger partial charge in [0, 0.05) is 64.5 Å². The van der Waals surface area contributed by atoms with Gasteiger partial charge in [0.05, 0.1) is 111 Å². The van der Waals surface area contributed by atoms with Crippen LogP contribution < -0.4 is 36.6 Å². The summed E-state index contributed by atoms with van der Waals surface area (Å²) in [6.45, 7) is 13.3. The molecule has 732 valence electrons. The van der Waals surface area contributed by atoms with E-state index in [4.69, 9.17) is 36.3 Å². The molecule has 3 saturated carbocycles. The summed E-state index contributed by atoms with van der Waals surface area (Å²) in [4.78, 5) is 105. The first-order valence-electron chi connectivity index (χ1n) is 48.9. The van der Waals surface area contributed by atoms with Crippen molar-refractivity contribution in [3.8, 4) is 87.4 Å². The zero-order valence-corrected chi connectivity index (χ0v) is 84.3. The van der Waals surface area contributed by atoms with Crippen molar-refractivity contribution in [2.45, 2.75) is 176 Å². The van der Waals surface area contributed by atoms with Crippen LogP contribution in [0.15, 0.2) is 235 Å². The van der Waals surface area contributed by atoms with Crippen molar-refractivity contribution < 1.29 is 61.5 Å². The molecule has 0 bridgehead atoms. The number of benzene rings is 9. The molecule has 10 aromatic heterocycles. The van der Waals surface area contributed by atoms with Crippen molar-refractivity contribution in [1.29, 1.82) is 0 Å². The molecule has 9 aromatic carbocycles. The topological polar surface area (TPSA) is 344 Å². The number of aromatic nitrogens is 5. The molecule has 0 amide bonds. The van der Waals surface area contributed by atoms with E-state index in [0.29, 0.717) is 193 Å². The van der Waals surface area contributed by atoms with E-state index < -0.39 is 5.97 Å². The summed E-state index contributed by atoms with van der Waals surface area (Å²) in [7, 11) is 1.49. The van der Waals surface area contributed by atoms with Gasteiger partial charge >= 0.3 is 5.97 Å². The van der Waals surface area contributed by atoms with Crippen LogP contribution in [0.3, 0.4) is 0 Å². The van der Waals surface area contributed by atoms with Crippen molar-refractivity contribution in [2.24, 2.45) is 17.8 Å². The molecule has 3 aliphatic carbocycles. The van der Waals surface area contributed by atoms with Gasteiger partial charge < -0.3 is 56.7 Å². The Morgan fingerprint density at radius 3 is 1.20 bits per heavy atom. The molecule has 29 heteroatoms. The second-order valence-electron chi connectivity index (χ2n) is 36.9. The van der Waals surface area contributed by atoms with Crippen LogP contribution in [0.25, 0.3) is 138 Å². The molecule has 1 aliphatic heterocycles. The Morgan fingerprint density at radius 1 is 0.406 bits per heavy atom. The molecule has 4 N–H and O–H groups in total. The average molecular weight is 2010 g/mol. The van der Waals surface area contributed by atoms with Gasteiger partial charge in [-0.1, -0.05) is 166 Å². The van der Waals surface area contributed by atoms with Gasteiger partial charge in [-0.15, -0.1) is 56.7 Å². The van der Waals surface area contributed by atoms with E-state index in [1.807, 2.05) is 107 Å². The monoisotopic (exact) mass is 2010 g/mol. The standard InChI is InChI=1S/C24H15NO5S.C23H22N2O4S.C23H21NO3S.2C22H25NO3S/c1-28-19-8-4-2-6-16(19)24(27)30-14-10-11-15-20(12-14)29-13-17(22(15)26)23-25-18-7-3-5-9-21(18)31-23;1-2-14-11-15-21(27)17(23-24-18-5-3-4-6-19(18)30-23)13-29-22(15)16(20(14)26)12-25-7-9-28-10-8-25;25-19-11-10-15-21(26)17(23-24-18-8-4-5-9-20(18)28-23)13-27-22(15)16(19)12-14-6-2-1-3-7-14;2*1-3-15-10-17-20(25)18(22-23-11-13(2)27-22)12-26-21(17)16(19(15)24)9-14-7-5-4-6-8-14/h2-13H,1H3;3-6,11,13,26H,2,7-10,12H2,1H3;4-5,8-11,13-14,25H,1-3,6-7,12H2;2*10-12,14,24H,3-9H2,1-2H3. The van der Waals surface area contributed by atoms with Gasteiger partial charge in [-0.05, 0) is 178 Å². The Balaban J connectivity index is 0.000000113. The first kappa shape index (κ1) is 98.1. The van der Waals surface area contributed by atoms with Gasteiger partial charge in [0.2, 0.25) is 27.1 Å². The summed E-state index contributed by atoms with van der Waals surface area (Å²) in [6.07, 6.45) is 33.6. The summed E-state index contributed by atoms with van der Waals surface area (Å²) in [6, 6.07) is 43.5. The number of morpholine rings is 1. The minimum Gasteiger partial charge on any atom is -0.508 e. The summed E-state index contributed by atoms with van der Waals surface area (Å²) in [5, 5.41) is 48.7. The molecule has 0 spiro atoms. The number of nitrogens with zero attached hydrogens (tertiary/aromatic N) is 6. The molecule has 143 heavy (non-hydrogen) atoms. The van der Waals surface area contributed by atoms with Crippen LogP contribution >= 0.6 is 56.7 Å². The van der Waals surface area contributed by atoms with Crippen LogP contribution in [0.4, 0.5) is 0 Å². The van der Waals surface area contributed by atoms with Gasteiger partial charge in [0.15, 0.2) is 0 Å². The lowest BCUT2D eigenvalue weighted by atomic mass is 9.83. The number of aryl methyl sites for hydroxylation is 5. The number of methoxy groups -OCH3 is 1. The quantitative estimate of drug-likeness (QED) is 0.0431. The molecule has 24 nitrogen and oxygen atoms in total. The number of hydrogen-bond acceptors (Lipinski definition) is 29. The number of ether oxygens (including phenoxy) is 3. The maximum atomic E-state index is 13.4. The summed E-state index contributed by atoms with van der Waals surface area (Å²) in [5.74, 6) is 2.79. The third kappa shape index (κ3) is 21.1. The molecular formula is C114H108N6O18S5. The van der Waals surface area contributed by atoms with Crippen molar-refractivity contribution >= 4 is 148 Å². The third-order valence-corrected chi connectivity index (χ3v) is 32.6. The first-order chi connectivity index (χ1) is 69.7. The normalized spacial score (nSPS) is 14.4. The Morgan fingerprint density at radius 2 is 0.776 bits per heavy atom. The van der Waals surface area contributed by atoms with E-state index in [1.165, 1.54) is 197 Å². The molecule has 4 fully saturated rings. The molecular weight excluding hydrogens is 1900 g/mol. The second kappa shape index (κ2) is 44.1. The van der Waals surface area contributed by atoms with Crippen molar-refractivity contribution in [2.75, 3.05) is 33.4 Å².